The van der Waals surface area contributed by atoms with Crippen LogP contribution in [-0.4, -0.2) is 26.2 Å². The molecule has 0 radical (unpaired) electrons. The van der Waals surface area contributed by atoms with E-state index in [4.69, 9.17) is 5.10 Å². The van der Waals surface area contributed by atoms with Crippen LogP contribution in [0.5, 0.6) is 0 Å². The smallest absolute Gasteiger partial charge is 0.271 e. The van der Waals surface area contributed by atoms with Crippen LogP contribution in [0.4, 0.5) is 11.5 Å². The van der Waals surface area contributed by atoms with Gasteiger partial charge in [0.1, 0.15) is 5.82 Å². The Labute approximate surface area is 150 Å². The maximum Gasteiger partial charge on any atom is 0.271 e. The molecule has 1 aromatic carbocycles. The molecule has 7 nitrogen and oxygen atoms in total. The first-order chi connectivity index (χ1) is 12.6. The van der Waals surface area contributed by atoms with E-state index in [-0.39, 0.29) is 10.6 Å². The molecule has 1 aliphatic rings. The average Bonchev–Trinajstić information content (AvgIpc) is 2.84. The predicted molar refractivity (Wildman–Crippen MR) is 99.6 cm³/mol. The number of hydrogen-bond donors (Lipinski definition) is 1. The summed E-state index contributed by atoms with van der Waals surface area (Å²) in [6.45, 7) is 2.80. The van der Waals surface area contributed by atoms with E-state index in [1.165, 1.54) is 6.07 Å². The number of nitrogens with one attached hydrogen (secondary N) is 1. The highest BCUT2D eigenvalue weighted by Gasteiger charge is 2.23. The number of hydrogen-bond acceptors (Lipinski definition) is 5. The minimum atomic E-state index is -0.373. The first-order valence-corrected chi connectivity index (χ1v) is 8.67. The molecule has 0 atom stereocenters. The summed E-state index contributed by atoms with van der Waals surface area (Å²) in [7, 11) is 0. The Kier molecular flexibility index (Phi) is 4.12. The average molecular weight is 349 g/mol. The number of aryl methyl sites for hydroxylation is 1. The lowest BCUT2D eigenvalue weighted by atomic mass is 10.0. The van der Waals surface area contributed by atoms with Gasteiger partial charge in [-0.1, -0.05) is 6.07 Å². The van der Waals surface area contributed by atoms with Crippen molar-refractivity contribution in [1.82, 2.24) is 14.8 Å². The highest BCUT2D eigenvalue weighted by atomic mass is 16.6. The van der Waals surface area contributed by atoms with Crippen LogP contribution in [0, 0.1) is 17.0 Å². The standard InChI is InChI=1S/C19H19N5O2/c1-13-5-6-15(24(25)26)12-17(13)23-19-16(4-2-3-9-21-19)18(22-23)14-7-10-20-11-8-14/h5-8,10-12,21H,2-4,9H2,1H3. The molecule has 4 rings (SSSR count). The minimum Gasteiger partial charge on any atom is -0.370 e. The third-order valence-corrected chi connectivity index (χ3v) is 4.71. The quantitative estimate of drug-likeness (QED) is 0.572. The first-order valence-electron chi connectivity index (χ1n) is 8.67. The van der Waals surface area contributed by atoms with Crippen molar-refractivity contribution in [3.8, 4) is 16.9 Å². The summed E-state index contributed by atoms with van der Waals surface area (Å²) in [5.74, 6) is 0.929. The lowest BCUT2D eigenvalue weighted by Gasteiger charge is -2.11. The predicted octanol–water partition coefficient (Wildman–Crippen LogP) is 3.90. The molecule has 0 unspecified atom stereocenters. The fourth-order valence-electron chi connectivity index (χ4n) is 3.36. The van der Waals surface area contributed by atoms with E-state index in [2.05, 4.69) is 10.3 Å². The summed E-state index contributed by atoms with van der Waals surface area (Å²) in [5.41, 5.74) is 4.79. The molecular formula is C19H19N5O2. The van der Waals surface area contributed by atoms with Crippen molar-refractivity contribution in [3.05, 3.63) is 64.0 Å². The number of nitro benzene ring substituents is 1. The number of rotatable bonds is 3. The van der Waals surface area contributed by atoms with Gasteiger partial charge < -0.3 is 5.32 Å². The maximum atomic E-state index is 11.2. The van der Waals surface area contributed by atoms with Crippen LogP contribution < -0.4 is 5.32 Å². The van der Waals surface area contributed by atoms with E-state index in [0.29, 0.717) is 0 Å². The molecule has 1 aliphatic heterocycles. The largest absolute Gasteiger partial charge is 0.370 e. The van der Waals surface area contributed by atoms with E-state index >= 15 is 0 Å². The third kappa shape index (κ3) is 2.81. The van der Waals surface area contributed by atoms with Crippen molar-refractivity contribution >= 4 is 11.5 Å². The third-order valence-electron chi connectivity index (χ3n) is 4.71. The van der Waals surface area contributed by atoms with Crippen LogP contribution in [0.25, 0.3) is 16.9 Å². The zero-order chi connectivity index (χ0) is 18.1. The molecule has 3 heterocycles. The topological polar surface area (TPSA) is 85.9 Å². The van der Waals surface area contributed by atoms with Gasteiger partial charge in [0, 0.05) is 42.2 Å². The van der Waals surface area contributed by atoms with E-state index in [1.54, 1.807) is 24.5 Å². The Hall–Kier alpha value is -3.22. The van der Waals surface area contributed by atoms with E-state index in [9.17, 15) is 10.1 Å². The van der Waals surface area contributed by atoms with Gasteiger partial charge in [-0.2, -0.15) is 5.10 Å². The molecule has 1 N–H and O–H groups in total. The number of nitro groups is 1. The fourth-order valence-corrected chi connectivity index (χ4v) is 3.36. The molecule has 0 saturated heterocycles. The van der Waals surface area contributed by atoms with Gasteiger partial charge in [-0.25, -0.2) is 4.68 Å². The van der Waals surface area contributed by atoms with Crippen LogP contribution in [0.2, 0.25) is 0 Å². The highest BCUT2D eigenvalue weighted by molar-refractivity contribution is 5.71. The SMILES string of the molecule is Cc1ccc([N+](=O)[O-])cc1-n1nc(-c2ccncc2)c2c1NCCCC2. The van der Waals surface area contributed by atoms with Crippen molar-refractivity contribution in [1.29, 1.82) is 0 Å². The fraction of sp³-hybridized carbons (Fsp3) is 0.263. The number of anilines is 1. The molecule has 132 valence electrons. The number of fused-ring (bicyclic) bond motifs is 1. The highest BCUT2D eigenvalue weighted by Crippen LogP contribution is 2.35. The van der Waals surface area contributed by atoms with Crippen molar-refractivity contribution in [2.45, 2.75) is 26.2 Å². The first kappa shape index (κ1) is 16.3. The van der Waals surface area contributed by atoms with E-state index in [1.807, 2.05) is 23.7 Å². The second kappa shape index (κ2) is 6.59. The van der Waals surface area contributed by atoms with Crippen molar-refractivity contribution in [2.24, 2.45) is 0 Å². The lowest BCUT2D eigenvalue weighted by Crippen LogP contribution is -2.08. The molecule has 26 heavy (non-hydrogen) atoms. The van der Waals surface area contributed by atoms with E-state index < -0.39 is 0 Å². The summed E-state index contributed by atoms with van der Waals surface area (Å²) in [6, 6.07) is 8.77. The molecule has 0 fully saturated rings. The normalized spacial score (nSPS) is 13.6. The Bertz CT molecular complexity index is 966. The van der Waals surface area contributed by atoms with Crippen LogP contribution in [0.1, 0.15) is 24.0 Å². The summed E-state index contributed by atoms with van der Waals surface area (Å²) in [4.78, 5) is 14.9. The minimum absolute atomic E-state index is 0.0638. The number of non-ortho nitro benzene ring substituents is 1. The molecule has 0 amide bonds. The maximum absolute atomic E-state index is 11.2. The van der Waals surface area contributed by atoms with Crippen molar-refractivity contribution < 1.29 is 4.92 Å². The van der Waals surface area contributed by atoms with Crippen molar-refractivity contribution in [2.75, 3.05) is 11.9 Å². The Morgan fingerprint density at radius 2 is 2.00 bits per heavy atom. The number of pyridine rings is 1. The molecule has 0 bridgehead atoms. The molecular weight excluding hydrogens is 330 g/mol. The van der Waals surface area contributed by atoms with Gasteiger partial charge in [-0.3, -0.25) is 15.1 Å². The molecule has 0 spiro atoms. The Balaban J connectivity index is 1.94. The van der Waals surface area contributed by atoms with Gasteiger partial charge in [-0.15, -0.1) is 0 Å². The van der Waals surface area contributed by atoms with Crippen molar-refractivity contribution in [3.63, 3.8) is 0 Å². The Morgan fingerprint density at radius 1 is 1.19 bits per heavy atom. The van der Waals surface area contributed by atoms with Gasteiger partial charge >= 0.3 is 0 Å². The molecule has 0 aliphatic carbocycles. The van der Waals surface area contributed by atoms with Crippen LogP contribution in [-0.2, 0) is 6.42 Å². The number of nitrogens with zero attached hydrogens (tertiary/aromatic N) is 4. The second-order valence-electron chi connectivity index (χ2n) is 6.44. The second-order valence-corrected chi connectivity index (χ2v) is 6.44. The van der Waals surface area contributed by atoms with Gasteiger partial charge in [-0.05, 0) is 43.9 Å². The molecule has 3 aromatic rings. The van der Waals surface area contributed by atoms with Gasteiger partial charge in [0.05, 0.1) is 16.3 Å². The van der Waals surface area contributed by atoms with Crippen LogP contribution >= 0.6 is 0 Å². The monoisotopic (exact) mass is 349 g/mol. The summed E-state index contributed by atoms with van der Waals surface area (Å²) in [6.07, 6.45) is 6.59. The van der Waals surface area contributed by atoms with Gasteiger partial charge in [0.2, 0.25) is 0 Å². The van der Waals surface area contributed by atoms with Crippen LogP contribution in [0.15, 0.2) is 42.7 Å². The van der Waals surface area contributed by atoms with E-state index in [0.717, 1.165) is 59.7 Å². The summed E-state index contributed by atoms with van der Waals surface area (Å²) < 4.78 is 1.82. The summed E-state index contributed by atoms with van der Waals surface area (Å²) in [5, 5.41) is 19.5. The molecule has 0 saturated carbocycles. The Morgan fingerprint density at radius 3 is 2.77 bits per heavy atom. The zero-order valence-corrected chi connectivity index (χ0v) is 14.5. The molecule has 2 aromatic heterocycles. The summed E-state index contributed by atoms with van der Waals surface area (Å²) >= 11 is 0. The zero-order valence-electron chi connectivity index (χ0n) is 14.5. The number of aromatic nitrogens is 3. The lowest BCUT2D eigenvalue weighted by molar-refractivity contribution is -0.384. The van der Waals surface area contributed by atoms with Gasteiger partial charge in [0.25, 0.3) is 5.69 Å². The van der Waals surface area contributed by atoms with Gasteiger partial charge in [0.15, 0.2) is 0 Å². The number of benzene rings is 1. The molecule has 7 heteroatoms. The van der Waals surface area contributed by atoms with Crippen LogP contribution in [0.3, 0.4) is 0 Å².